The van der Waals surface area contributed by atoms with Crippen molar-refractivity contribution in [2.45, 2.75) is 6.42 Å². The highest BCUT2D eigenvalue weighted by molar-refractivity contribution is 5.79. The van der Waals surface area contributed by atoms with Gasteiger partial charge in [-0.3, -0.25) is 0 Å². The second-order valence-corrected chi connectivity index (χ2v) is 2.48. The predicted octanol–water partition coefficient (Wildman–Crippen LogP) is 0.553. The first-order valence-corrected chi connectivity index (χ1v) is 3.77. The molecule has 0 saturated carbocycles. The Morgan fingerprint density at radius 1 is 1.67 bits per heavy atom. The number of nitrogens with zero attached hydrogens (tertiary/aromatic N) is 1. The lowest BCUT2D eigenvalue weighted by molar-refractivity contribution is -0.131. The van der Waals surface area contributed by atoms with Crippen LogP contribution in [0.15, 0.2) is 12.3 Å². The zero-order valence-electron chi connectivity index (χ0n) is 7.49. The molecule has 0 aromatic rings. The smallest absolute Gasteiger partial charge is 0.329 e. The lowest BCUT2D eigenvalue weighted by Crippen LogP contribution is -2.14. The maximum Gasteiger partial charge on any atom is 0.329 e. The van der Waals surface area contributed by atoms with E-state index in [9.17, 15) is 4.79 Å². The van der Waals surface area contributed by atoms with Crippen LogP contribution in [-0.2, 0) is 9.53 Å². The van der Waals surface area contributed by atoms with Crippen molar-refractivity contribution in [3.05, 3.63) is 12.3 Å². The number of carboxylic acid groups (broad SMARTS) is 1. The van der Waals surface area contributed by atoms with Crippen LogP contribution in [0.2, 0.25) is 0 Å². The van der Waals surface area contributed by atoms with E-state index < -0.39 is 5.97 Å². The van der Waals surface area contributed by atoms with E-state index in [0.717, 1.165) is 19.0 Å². The van der Waals surface area contributed by atoms with Gasteiger partial charge in [0.2, 0.25) is 0 Å². The topological polar surface area (TPSA) is 49.8 Å². The molecule has 0 heterocycles. The molecule has 0 atom stereocenters. The molecule has 0 amide bonds. The molecular weight excluding hydrogens is 158 g/mol. The first-order valence-electron chi connectivity index (χ1n) is 3.77. The van der Waals surface area contributed by atoms with E-state index in [0.29, 0.717) is 6.61 Å². The van der Waals surface area contributed by atoms with Crippen LogP contribution in [0.4, 0.5) is 0 Å². The van der Waals surface area contributed by atoms with Crippen LogP contribution in [0.3, 0.4) is 0 Å². The predicted molar refractivity (Wildman–Crippen MR) is 45.9 cm³/mol. The van der Waals surface area contributed by atoms with Crippen molar-refractivity contribution in [2.24, 2.45) is 0 Å². The minimum absolute atomic E-state index is 0.700. The molecule has 0 rings (SSSR count). The number of hydrogen-bond acceptors (Lipinski definition) is 3. The summed E-state index contributed by atoms with van der Waals surface area (Å²) in [6, 6.07) is 0. The number of aliphatic carboxylic acids is 1. The van der Waals surface area contributed by atoms with Gasteiger partial charge in [0.15, 0.2) is 0 Å². The molecule has 12 heavy (non-hydrogen) atoms. The first-order chi connectivity index (χ1) is 5.66. The molecule has 1 N–H and O–H groups in total. The van der Waals surface area contributed by atoms with Crippen molar-refractivity contribution in [1.82, 2.24) is 4.90 Å². The third-order valence-corrected chi connectivity index (χ3v) is 1.33. The van der Waals surface area contributed by atoms with Crippen LogP contribution in [0.25, 0.3) is 0 Å². The van der Waals surface area contributed by atoms with E-state index in [4.69, 9.17) is 9.84 Å². The lowest BCUT2D eigenvalue weighted by Gasteiger charge is -2.12. The molecule has 4 nitrogen and oxygen atoms in total. The van der Waals surface area contributed by atoms with Gasteiger partial charge in [-0.25, -0.2) is 4.79 Å². The van der Waals surface area contributed by atoms with Crippen molar-refractivity contribution in [3.8, 4) is 0 Å². The molecule has 0 unspecified atom stereocenters. The Bertz CT molecular complexity index is 156. The molecule has 0 aliphatic heterocycles. The third kappa shape index (κ3) is 7.08. The molecule has 0 fully saturated rings. The van der Waals surface area contributed by atoms with Crippen LogP contribution in [0, 0.1) is 0 Å². The average Bonchev–Trinajstić information content (AvgIpc) is 2.01. The molecule has 0 spiro atoms. The summed E-state index contributed by atoms with van der Waals surface area (Å²) in [6.07, 6.45) is 3.56. The standard InChI is InChI=1S/C8H15NO3/c1-9(5-3-7-12-2)6-4-8(10)11/h4,6H,3,5,7H2,1-2H3,(H,10,11). The van der Waals surface area contributed by atoms with E-state index in [1.54, 1.807) is 7.11 Å². The van der Waals surface area contributed by atoms with Crippen molar-refractivity contribution in [3.63, 3.8) is 0 Å². The monoisotopic (exact) mass is 173 g/mol. The van der Waals surface area contributed by atoms with E-state index in [2.05, 4.69) is 0 Å². The van der Waals surface area contributed by atoms with Crippen molar-refractivity contribution < 1.29 is 14.6 Å². The number of ether oxygens (including phenoxy) is 1. The molecule has 70 valence electrons. The summed E-state index contributed by atoms with van der Waals surface area (Å²) in [4.78, 5) is 11.9. The van der Waals surface area contributed by atoms with Gasteiger partial charge >= 0.3 is 5.97 Å². The molecule has 0 bridgehead atoms. The summed E-state index contributed by atoms with van der Waals surface area (Å²) in [6.45, 7) is 1.50. The van der Waals surface area contributed by atoms with E-state index in [-0.39, 0.29) is 0 Å². The Morgan fingerprint density at radius 3 is 2.83 bits per heavy atom. The summed E-state index contributed by atoms with van der Waals surface area (Å²) in [5.41, 5.74) is 0. The second-order valence-electron chi connectivity index (χ2n) is 2.48. The van der Waals surface area contributed by atoms with E-state index >= 15 is 0 Å². The molecule has 0 aromatic carbocycles. The van der Waals surface area contributed by atoms with Crippen molar-refractivity contribution in [1.29, 1.82) is 0 Å². The van der Waals surface area contributed by atoms with Gasteiger partial charge in [-0.15, -0.1) is 0 Å². The van der Waals surface area contributed by atoms with E-state index in [1.165, 1.54) is 6.20 Å². The Balaban J connectivity index is 3.45. The van der Waals surface area contributed by atoms with Gasteiger partial charge in [0.1, 0.15) is 0 Å². The molecule has 0 aliphatic rings. The Morgan fingerprint density at radius 2 is 2.33 bits per heavy atom. The normalized spacial score (nSPS) is 10.5. The van der Waals surface area contributed by atoms with Crippen LogP contribution in [0.1, 0.15) is 6.42 Å². The number of hydrogen-bond donors (Lipinski definition) is 1. The summed E-state index contributed by atoms with van der Waals surface area (Å²) >= 11 is 0. The van der Waals surface area contributed by atoms with Gasteiger partial charge in [0.05, 0.1) is 0 Å². The van der Waals surface area contributed by atoms with Gasteiger partial charge in [0, 0.05) is 39.6 Å². The highest BCUT2D eigenvalue weighted by Gasteiger charge is 1.92. The molecule has 4 heteroatoms. The van der Waals surface area contributed by atoms with Crippen molar-refractivity contribution >= 4 is 5.97 Å². The van der Waals surface area contributed by atoms with Gasteiger partial charge in [-0.1, -0.05) is 0 Å². The third-order valence-electron chi connectivity index (χ3n) is 1.33. The SMILES string of the molecule is COCCCN(C)C=CC(=O)O. The molecular formula is C8H15NO3. The van der Waals surface area contributed by atoms with Gasteiger partial charge in [0.25, 0.3) is 0 Å². The Kier molecular flexibility index (Phi) is 6.09. The molecule has 0 aromatic heterocycles. The highest BCUT2D eigenvalue weighted by atomic mass is 16.5. The summed E-state index contributed by atoms with van der Waals surface area (Å²) in [7, 11) is 3.47. The highest BCUT2D eigenvalue weighted by Crippen LogP contribution is 1.88. The molecule has 0 saturated heterocycles. The van der Waals surface area contributed by atoms with Gasteiger partial charge in [-0.2, -0.15) is 0 Å². The minimum Gasteiger partial charge on any atom is -0.478 e. The van der Waals surface area contributed by atoms with Crippen LogP contribution in [0.5, 0.6) is 0 Å². The fraction of sp³-hybridized carbons (Fsp3) is 0.625. The maximum atomic E-state index is 10.1. The summed E-state index contributed by atoms with van der Waals surface area (Å²) in [5.74, 6) is -0.923. The Hall–Kier alpha value is -1.03. The van der Waals surface area contributed by atoms with Crippen LogP contribution in [-0.4, -0.2) is 43.3 Å². The number of carboxylic acids is 1. The summed E-state index contributed by atoms with van der Waals surface area (Å²) in [5, 5.41) is 8.30. The fourth-order valence-electron chi connectivity index (χ4n) is 0.724. The second kappa shape index (κ2) is 6.67. The van der Waals surface area contributed by atoms with Crippen LogP contribution >= 0.6 is 0 Å². The Labute approximate surface area is 72.4 Å². The number of methoxy groups -OCH3 is 1. The minimum atomic E-state index is -0.923. The quantitative estimate of drug-likeness (QED) is 0.471. The zero-order valence-corrected chi connectivity index (χ0v) is 7.49. The largest absolute Gasteiger partial charge is 0.478 e. The lowest BCUT2D eigenvalue weighted by atomic mass is 10.4. The maximum absolute atomic E-state index is 10.1. The zero-order chi connectivity index (χ0) is 9.40. The fourth-order valence-corrected chi connectivity index (χ4v) is 0.724. The summed E-state index contributed by atoms with van der Waals surface area (Å²) < 4.78 is 4.85. The first kappa shape index (κ1) is 11.0. The average molecular weight is 173 g/mol. The van der Waals surface area contributed by atoms with E-state index in [1.807, 2.05) is 11.9 Å². The van der Waals surface area contributed by atoms with Crippen molar-refractivity contribution in [2.75, 3.05) is 27.3 Å². The molecule has 0 aliphatic carbocycles. The number of carbonyl (C=O) groups is 1. The molecule has 0 radical (unpaired) electrons. The van der Waals surface area contributed by atoms with Gasteiger partial charge < -0.3 is 14.7 Å². The van der Waals surface area contributed by atoms with Gasteiger partial charge in [-0.05, 0) is 6.42 Å². The van der Waals surface area contributed by atoms with Crippen LogP contribution < -0.4 is 0 Å². The number of rotatable bonds is 6.